The molecule has 3 nitrogen and oxygen atoms in total. The van der Waals surface area contributed by atoms with E-state index in [1.165, 1.54) is 0 Å². The number of hydrogen-bond acceptors (Lipinski definition) is 3. The molecule has 3 heteroatoms. The van der Waals surface area contributed by atoms with Crippen LogP contribution in [-0.4, -0.2) is 0 Å². The Morgan fingerprint density at radius 2 is 2.55 bits per heavy atom. The zero-order valence-electron chi connectivity index (χ0n) is 6.37. The number of rotatable bonds is 2. The average Bonchev–Trinajstić information content (AvgIpc) is 2.36. The van der Waals surface area contributed by atoms with E-state index in [1.807, 2.05) is 19.1 Å². The van der Waals surface area contributed by atoms with Crippen molar-refractivity contribution in [3.8, 4) is 6.07 Å². The van der Waals surface area contributed by atoms with E-state index in [9.17, 15) is 0 Å². The molecule has 1 heterocycles. The first-order valence-corrected chi connectivity index (χ1v) is 3.41. The number of nitriles is 1. The van der Waals surface area contributed by atoms with Gasteiger partial charge in [-0.15, -0.1) is 0 Å². The topological polar surface area (TPSA) is 62.9 Å². The standard InChI is InChI=1S/C8H10N2O/c1-6-4-8(11-5-6)7(10)2-3-9/h4-5,7H,2,10H2,1H3/t7-/m0/s1. The third kappa shape index (κ3) is 1.82. The molecule has 0 aliphatic carbocycles. The summed E-state index contributed by atoms with van der Waals surface area (Å²) >= 11 is 0. The third-order valence-corrected chi connectivity index (χ3v) is 1.43. The zero-order chi connectivity index (χ0) is 8.27. The molecule has 1 aromatic rings. The van der Waals surface area contributed by atoms with Crippen LogP contribution in [0.2, 0.25) is 0 Å². The molecule has 2 N–H and O–H groups in total. The summed E-state index contributed by atoms with van der Waals surface area (Å²) in [6.07, 6.45) is 1.93. The molecule has 0 radical (unpaired) electrons. The van der Waals surface area contributed by atoms with Gasteiger partial charge in [0.25, 0.3) is 0 Å². The summed E-state index contributed by atoms with van der Waals surface area (Å²) in [5, 5.41) is 8.33. The summed E-state index contributed by atoms with van der Waals surface area (Å²) in [6.45, 7) is 1.92. The first kappa shape index (κ1) is 7.83. The van der Waals surface area contributed by atoms with Crippen LogP contribution in [0.25, 0.3) is 0 Å². The van der Waals surface area contributed by atoms with Crippen molar-refractivity contribution in [3.63, 3.8) is 0 Å². The molecule has 0 aliphatic heterocycles. The summed E-state index contributed by atoms with van der Waals surface area (Å²) in [5.41, 5.74) is 6.64. The highest BCUT2D eigenvalue weighted by molar-refractivity contribution is 5.14. The van der Waals surface area contributed by atoms with Crippen LogP contribution < -0.4 is 5.73 Å². The van der Waals surface area contributed by atoms with E-state index in [0.717, 1.165) is 5.56 Å². The van der Waals surface area contributed by atoms with E-state index < -0.39 is 0 Å². The molecule has 0 bridgehead atoms. The van der Waals surface area contributed by atoms with Gasteiger partial charge in [-0.1, -0.05) is 0 Å². The smallest absolute Gasteiger partial charge is 0.121 e. The van der Waals surface area contributed by atoms with Gasteiger partial charge in [0.15, 0.2) is 0 Å². The molecular weight excluding hydrogens is 140 g/mol. The molecule has 0 unspecified atom stereocenters. The fourth-order valence-electron chi connectivity index (χ4n) is 0.847. The van der Waals surface area contributed by atoms with Crippen molar-refractivity contribution < 1.29 is 4.42 Å². The van der Waals surface area contributed by atoms with Crippen LogP contribution in [0.1, 0.15) is 23.8 Å². The highest BCUT2D eigenvalue weighted by Crippen LogP contribution is 2.15. The van der Waals surface area contributed by atoms with Crippen LogP contribution in [0, 0.1) is 18.3 Å². The van der Waals surface area contributed by atoms with Crippen LogP contribution in [0.5, 0.6) is 0 Å². The summed E-state index contributed by atoms with van der Waals surface area (Å²) in [7, 11) is 0. The minimum atomic E-state index is -0.284. The SMILES string of the molecule is Cc1coc([C@@H](N)CC#N)c1. The normalized spacial score (nSPS) is 12.5. The van der Waals surface area contributed by atoms with Crippen LogP contribution in [-0.2, 0) is 0 Å². The lowest BCUT2D eigenvalue weighted by molar-refractivity contribution is 0.468. The maximum absolute atomic E-state index is 8.33. The number of aryl methyl sites for hydroxylation is 1. The van der Waals surface area contributed by atoms with Gasteiger partial charge in [0.05, 0.1) is 24.8 Å². The van der Waals surface area contributed by atoms with Gasteiger partial charge in [0.2, 0.25) is 0 Å². The van der Waals surface area contributed by atoms with Crippen molar-refractivity contribution in [3.05, 3.63) is 23.7 Å². The van der Waals surface area contributed by atoms with Crippen molar-refractivity contribution in [2.24, 2.45) is 5.73 Å². The van der Waals surface area contributed by atoms with Gasteiger partial charge in [0, 0.05) is 0 Å². The van der Waals surface area contributed by atoms with Crippen molar-refractivity contribution in [2.45, 2.75) is 19.4 Å². The van der Waals surface area contributed by atoms with E-state index >= 15 is 0 Å². The number of nitrogens with two attached hydrogens (primary N) is 1. The van der Waals surface area contributed by atoms with E-state index in [-0.39, 0.29) is 6.04 Å². The highest BCUT2D eigenvalue weighted by atomic mass is 16.3. The first-order valence-electron chi connectivity index (χ1n) is 3.41. The summed E-state index contributed by atoms with van der Waals surface area (Å²) in [6, 6.07) is 3.56. The first-order chi connectivity index (χ1) is 5.24. The fourth-order valence-corrected chi connectivity index (χ4v) is 0.847. The summed E-state index contributed by atoms with van der Waals surface area (Å²) in [5.74, 6) is 0.684. The second-order valence-electron chi connectivity index (χ2n) is 2.50. The zero-order valence-corrected chi connectivity index (χ0v) is 6.37. The van der Waals surface area contributed by atoms with Crippen LogP contribution >= 0.6 is 0 Å². The molecule has 1 aromatic heterocycles. The number of nitrogens with zero attached hydrogens (tertiary/aromatic N) is 1. The van der Waals surface area contributed by atoms with Gasteiger partial charge in [0.1, 0.15) is 5.76 Å². The number of hydrogen-bond donors (Lipinski definition) is 1. The Balaban J connectivity index is 2.70. The maximum Gasteiger partial charge on any atom is 0.121 e. The molecule has 0 aliphatic rings. The Bertz CT molecular complexity index is 272. The maximum atomic E-state index is 8.33. The molecule has 0 amide bonds. The quantitative estimate of drug-likeness (QED) is 0.694. The molecule has 58 valence electrons. The average molecular weight is 150 g/mol. The minimum absolute atomic E-state index is 0.284. The second kappa shape index (κ2) is 3.22. The van der Waals surface area contributed by atoms with Gasteiger partial charge in [-0.05, 0) is 18.6 Å². The Hall–Kier alpha value is -1.27. The van der Waals surface area contributed by atoms with Crippen molar-refractivity contribution >= 4 is 0 Å². The van der Waals surface area contributed by atoms with Crippen molar-refractivity contribution in [1.82, 2.24) is 0 Å². The summed E-state index contributed by atoms with van der Waals surface area (Å²) < 4.78 is 5.10. The van der Waals surface area contributed by atoms with E-state index in [2.05, 4.69) is 0 Å². The molecule has 0 aromatic carbocycles. The monoisotopic (exact) mass is 150 g/mol. The molecular formula is C8H10N2O. The van der Waals surface area contributed by atoms with Crippen molar-refractivity contribution in [2.75, 3.05) is 0 Å². The second-order valence-corrected chi connectivity index (χ2v) is 2.50. The Morgan fingerprint density at radius 1 is 1.82 bits per heavy atom. The number of furan rings is 1. The molecule has 1 atom stereocenters. The predicted molar refractivity (Wildman–Crippen MR) is 40.6 cm³/mol. The van der Waals surface area contributed by atoms with Crippen LogP contribution in [0.4, 0.5) is 0 Å². The molecule has 1 rings (SSSR count). The largest absolute Gasteiger partial charge is 0.467 e. The van der Waals surface area contributed by atoms with Gasteiger partial charge in [-0.3, -0.25) is 0 Å². The Kier molecular flexibility index (Phi) is 2.29. The molecule has 0 saturated carbocycles. The third-order valence-electron chi connectivity index (χ3n) is 1.43. The van der Waals surface area contributed by atoms with Gasteiger partial charge >= 0.3 is 0 Å². The van der Waals surface area contributed by atoms with E-state index in [4.69, 9.17) is 15.4 Å². The van der Waals surface area contributed by atoms with Crippen LogP contribution in [0.3, 0.4) is 0 Å². The predicted octanol–water partition coefficient (Wildman–Crippen LogP) is 1.50. The van der Waals surface area contributed by atoms with Gasteiger partial charge in [-0.25, -0.2) is 0 Å². The lowest BCUT2D eigenvalue weighted by Gasteiger charge is -2.00. The van der Waals surface area contributed by atoms with Gasteiger partial charge < -0.3 is 10.2 Å². The van der Waals surface area contributed by atoms with Crippen LogP contribution in [0.15, 0.2) is 16.7 Å². The summed E-state index contributed by atoms with van der Waals surface area (Å²) in [4.78, 5) is 0. The molecule has 0 fully saturated rings. The molecule has 11 heavy (non-hydrogen) atoms. The fraction of sp³-hybridized carbons (Fsp3) is 0.375. The Morgan fingerprint density at radius 3 is 3.00 bits per heavy atom. The lowest BCUT2D eigenvalue weighted by Crippen LogP contribution is -2.07. The van der Waals surface area contributed by atoms with E-state index in [0.29, 0.717) is 12.2 Å². The van der Waals surface area contributed by atoms with Crippen molar-refractivity contribution in [1.29, 1.82) is 5.26 Å². The molecule has 0 saturated heterocycles. The van der Waals surface area contributed by atoms with Gasteiger partial charge in [-0.2, -0.15) is 5.26 Å². The minimum Gasteiger partial charge on any atom is -0.467 e. The van der Waals surface area contributed by atoms with E-state index in [1.54, 1.807) is 6.26 Å². The highest BCUT2D eigenvalue weighted by Gasteiger charge is 2.08. The Labute approximate surface area is 65.4 Å². The molecule has 0 spiro atoms. The lowest BCUT2D eigenvalue weighted by atomic mass is 10.2.